The molecule has 2 aromatic rings. The summed E-state index contributed by atoms with van der Waals surface area (Å²) in [5.74, 6) is -0.0603. The maximum Gasteiger partial charge on any atom is 0.321 e. The van der Waals surface area contributed by atoms with Gasteiger partial charge in [-0.25, -0.2) is 0 Å². The lowest BCUT2D eigenvalue weighted by Gasteiger charge is -2.42. The molecule has 0 bridgehead atoms. The molecule has 0 spiro atoms. The van der Waals surface area contributed by atoms with Gasteiger partial charge in [0.1, 0.15) is 18.6 Å². The summed E-state index contributed by atoms with van der Waals surface area (Å²) < 4.78 is 6.97. The Balaban J connectivity index is 1.67. The van der Waals surface area contributed by atoms with Crippen molar-refractivity contribution in [1.29, 1.82) is 0 Å². The molecule has 3 nitrogen and oxygen atoms in total. The van der Waals surface area contributed by atoms with Crippen LogP contribution in [0.15, 0.2) is 42.5 Å². The molecular weight excluding hydrogens is 358 g/mol. The second-order valence-corrected chi connectivity index (χ2v) is 9.54. The predicted octanol–water partition coefficient (Wildman–Crippen LogP) is 5.10. The largest absolute Gasteiger partial charge is 0.459 e. The first-order valence-corrected chi connectivity index (χ1v) is 11.1. The molecule has 0 heterocycles. The Morgan fingerprint density at radius 2 is 1.72 bits per heavy atom. The van der Waals surface area contributed by atoms with E-state index in [2.05, 4.69) is 77.2 Å². The highest BCUT2D eigenvalue weighted by molar-refractivity contribution is 5.99. The Labute approximate surface area is 175 Å². The standard InChI is InChI=1S/C26H34NO2/c1-18(2)27(5,19(3)4)16-17-29-25(28)26-15-9-11-20-10-8-13-22(24(20)26)21-12-6-7-14-23(21)26/h6-8,10,12-14,18-19H,9,11,15-17H2,1-5H3/q+1/t26-/m0/s1. The van der Waals surface area contributed by atoms with E-state index < -0.39 is 5.41 Å². The van der Waals surface area contributed by atoms with Crippen molar-refractivity contribution in [2.75, 3.05) is 20.2 Å². The van der Waals surface area contributed by atoms with Gasteiger partial charge >= 0.3 is 5.97 Å². The van der Waals surface area contributed by atoms with Crippen LogP contribution in [-0.4, -0.2) is 42.7 Å². The zero-order chi connectivity index (χ0) is 20.8. The maximum atomic E-state index is 13.7. The Hall–Kier alpha value is -2.13. The van der Waals surface area contributed by atoms with Crippen LogP contribution in [0, 0.1) is 0 Å². The summed E-state index contributed by atoms with van der Waals surface area (Å²) in [5, 5.41) is 0. The van der Waals surface area contributed by atoms with Crippen molar-refractivity contribution in [3.8, 4) is 11.1 Å². The third kappa shape index (κ3) is 2.93. The molecule has 0 radical (unpaired) electrons. The lowest BCUT2D eigenvalue weighted by atomic mass is 9.69. The fraction of sp³-hybridized carbons (Fsp3) is 0.500. The number of hydrogen-bond acceptors (Lipinski definition) is 2. The van der Waals surface area contributed by atoms with Crippen LogP contribution in [0.25, 0.3) is 11.1 Å². The van der Waals surface area contributed by atoms with E-state index in [0.717, 1.165) is 35.9 Å². The minimum Gasteiger partial charge on any atom is -0.459 e. The molecule has 0 saturated heterocycles. The SMILES string of the molecule is CC(C)[N+](C)(CCOC(=O)[C@]12CCCc3cccc(c31)-c1ccccc12)C(C)C. The first kappa shape index (κ1) is 20.2. The molecule has 0 aromatic heterocycles. The van der Waals surface area contributed by atoms with Gasteiger partial charge in [0.25, 0.3) is 0 Å². The van der Waals surface area contributed by atoms with Crippen molar-refractivity contribution in [2.24, 2.45) is 0 Å². The second kappa shape index (κ2) is 7.28. The number of ether oxygens (including phenoxy) is 1. The highest BCUT2D eigenvalue weighted by atomic mass is 16.5. The van der Waals surface area contributed by atoms with Gasteiger partial charge in [0.2, 0.25) is 0 Å². The van der Waals surface area contributed by atoms with E-state index in [1.165, 1.54) is 22.3 Å². The number of carbonyl (C=O) groups is 1. The normalized spacial score (nSPS) is 20.0. The van der Waals surface area contributed by atoms with Gasteiger partial charge < -0.3 is 9.22 Å². The molecule has 0 saturated carbocycles. The van der Waals surface area contributed by atoms with Crippen LogP contribution in [-0.2, 0) is 21.4 Å². The fourth-order valence-electron chi connectivity index (χ4n) is 5.45. The monoisotopic (exact) mass is 392 g/mol. The number of rotatable bonds is 6. The Morgan fingerprint density at radius 3 is 2.45 bits per heavy atom. The number of esters is 1. The van der Waals surface area contributed by atoms with Crippen molar-refractivity contribution in [1.82, 2.24) is 0 Å². The number of quaternary nitrogens is 1. The first-order valence-electron chi connectivity index (χ1n) is 11.1. The number of hydrogen-bond donors (Lipinski definition) is 0. The number of fused-ring (bicyclic) bond motifs is 3. The van der Waals surface area contributed by atoms with Crippen LogP contribution in [0.1, 0.15) is 57.2 Å². The van der Waals surface area contributed by atoms with Crippen LogP contribution in [0.3, 0.4) is 0 Å². The molecule has 0 aliphatic heterocycles. The van der Waals surface area contributed by atoms with E-state index in [4.69, 9.17) is 4.74 Å². The quantitative estimate of drug-likeness (QED) is 0.505. The lowest BCUT2D eigenvalue weighted by Crippen LogP contribution is -2.56. The molecule has 0 unspecified atom stereocenters. The third-order valence-corrected chi connectivity index (χ3v) is 7.77. The van der Waals surface area contributed by atoms with Crippen molar-refractivity contribution < 1.29 is 14.0 Å². The summed E-state index contributed by atoms with van der Waals surface area (Å²) in [5.41, 5.74) is 5.46. The number of benzene rings is 2. The summed E-state index contributed by atoms with van der Waals surface area (Å²) in [6.07, 6.45) is 2.90. The Kier molecular flexibility index (Phi) is 5.06. The highest BCUT2D eigenvalue weighted by Gasteiger charge is 2.52. The van der Waals surface area contributed by atoms with Crippen LogP contribution in [0.2, 0.25) is 0 Å². The molecule has 3 heteroatoms. The molecular formula is C26H34NO2+. The van der Waals surface area contributed by atoms with Gasteiger partial charge in [-0.2, -0.15) is 0 Å². The van der Waals surface area contributed by atoms with Gasteiger partial charge in [0.15, 0.2) is 0 Å². The molecule has 4 rings (SSSR count). The summed E-state index contributed by atoms with van der Waals surface area (Å²) >= 11 is 0. The molecule has 2 aliphatic carbocycles. The zero-order valence-electron chi connectivity index (χ0n) is 18.5. The summed E-state index contributed by atoms with van der Waals surface area (Å²) in [4.78, 5) is 13.7. The maximum absolute atomic E-state index is 13.7. The van der Waals surface area contributed by atoms with Gasteiger partial charge in [-0.1, -0.05) is 42.5 Å². The van der Waals surface area contributed by atoms with E-state index in [1.54, 1.807) is 0 Å². The molecule has 0 fully saturated rings. The van der Waals surface area contributed by atoms with Crippen molar-refractivity contribution in [2.45, 2.75) is 64.5 Å². The van der Waals surface area contributed by atoms with Crippen molar-refractivity contribution >= 4 is 5.97 Å². The molecule has 2 aliphatic rings. The first-order chi connectivity index (χ1) is 13.8. The van der Waals surface area contributed by atoms with Gasteiger partial charge in [-0.3, -0.25) is 4.79 Å². The summed E-state index contributed by atoms with van der Waals surface area (Å²) in [6, 6.07) is 15.9. The molecule has 29 heavy (non-hydrogen) atoms. The summed E-state index contributed by atoms with van der Waals surface area (Å²) in [6.45, 7) is 10.3. The van der Waals surface area contributed by atoms with Gasteiger partial charge in [0.05, 0.1) is 19.1 Å². The Morgan fingerprint density at radius 1 is 1.03 bits per heavy atom. The van der Waals surface area contributed by atoms with Gasteiger partial charge in [-0.15, -0.1) is 0 Å². The smallest absolute Gasteiger partial charge is 0.321 e. The fourth-order valence-corrected chi connectivity index (χ4v) is 5.45. The van der Waals surface area contributed by atoms with Gasteiger partial charge in [0, 0.05) is 0 Å². The van der Waals surface area contributed by atoms with Crippen LogP contribution in [0.5, 0.6) is 0 Å². The average Bonchev–Trinajstić information content (AvgIpc) is 3.01. The third-order valence-electron chi connectivity index (χ3n) is 7.77. The molecule has 2 aromatic carbocycles. The molecule has 0 N–H and O–H groups in total. The van der Waals surface area contributed by atoms with Crippen molar-refractivity contribution in [3.63, 3.8) is 0 Å². The zero-order valence-corrected chi connectivity index (χ0v) is 18.5. The average molecular weight is 393 g/mol. The van der Waals surface area contributed by atoms with E-state index in [1.807, 2.05) is 0 Å². The number of likely N-dealkylation sites (N-methyl/N-ethyl adjacent to an activating group) is 1. The van der Waals surface area contributed by atoms with E-state index in [-0.39, 0.29) is 5.97 Å². The van der Waals surface area contributed by atoms with E-state index in [0.29, 0.717) is 18.7 Å². The number of nitrogens with zero attached hydrogens (tertiary/aromatic N) is 1. The summed E-state index contributed by atoms with van der Waals surface area (Å²) in [7, 11) is 2.26. The predicted molar refractivity (Wildman–Crippen MR) is 118 cm³/mol. The van der Waals surface area contributed by atoms with Gasteiger partial charge in [-0.05, 0) is 74.8 Å². The molecule has 1 atom stereocenters. The number of aryl methyl sites for hydroxylation is 1. The van der Waals surface area contributed by atoms with Crippen LogP contribution in [0.4, 0.5) is 0 Å². The number of carbonyl (C=O) groups excluding carboxylic acids is 1. The highest BCUT2D eigenvalue weighted by Crippen LogP contribution is 2.55. The minimum absolute atomic E-state index is 0.0603. The minimum atomic E-state index is -0.625. The van der Waals surface area contributed by atoms with Crippen molar-refractivity contribution in [3.05, 3.63) is 59.2 Å². The van der Waals surface area contributed by atoms with Crippen LogP contribution >= 0.6 is 0 Å². The van der Waals surface area contributed by atoms with E-state index in [9.17, 15) is 4.79 Å². The molecule has 0 amide bonds. The second-order valence-electron chi connectivity index (χ2n) is 9.54. The van der Waals surface area contributed by atoms with Crippen LogP contribution < -0.4 is 0 Å². The lowest BCUT2D eigenvalue weighted by molar-refractivity contribution is -0.949. The van der Waals surface area contributed by atoms with E-state index >= 15 is 0 Å². The topological polar surface area (TPSA) is 26.3 Å². The Bertz CT molecular complexity index is 922. The molecule has 154 valence electrons.